The van der Waals surface area contributed by atoms with Gasteiger partial charge in [0.15, 0.2) is 0 Å². The van der Waals surface area contributed by atoms with Crippen LogP contribution >= 0.6 is 22.9 Å². The topological polar surface area (TPSA) is 49.0 Å². The Morgan fingerprint density at radius 2 is 2.27 bits per heavy atom. The van der Waals surface area contributed by atoms with Crippen LogP contribution in [0.5, 0.6) is 0 Å². The number of thiazole rings is 1. The lowest BCUT2D eigenvalue weighted by molar-refractivity contribution is 0.0730. The molecule has 4 nitrogen and oxygen atoms in total. The number of nitrogens with zero attached hydrogens (tertiary/aromatic N) is 2. The second-order valence-corrected chi connectivity index (χ2v) is 6.91. The highest BCUT2D eigenvalue weighted by Gasteiger charge is 2.33. The molecule has 3 heterocycles. The van der Waals surface area contributed by atoms with E-state index in [1.54, 1.807) is 23.6 Å². The summed E-state index contributed by atoms with van der Waals surface area (Å²) in [7, 11) is 0. The molecular weight excluding hydrogens is 318 g/mol. The fourth-order valence-corrected chi connectivity index (χ4v) is 4.22. The van der Waals surface area contributed by atoms with E-state index in [4.69, 9.17) is 16.6 Å². The van der Waals surface area contributed by atoms with Crippen molar-refractivity contribution in [3.05, 3.63) is 52.3 Å². The summed E-state index contributed by atoms with van der Waals surface area (Å²) in [6.07, 6.45) is 3.60. The zero-order valence-corrected chi connectivity index (χ0v) is 13.3. The Kier molecular flexibility index (Phi) is 3.39. The maximum atomic E-state index is 12.7. The number of aromatic nitrogens is 2. The van der Waals surface area contributed by atoms with Gasteiger partial charge in [-0.3, -0.25) is 4.79 Å². The number of carbonyl (C=O) groups excluding carboxylic acids is 1. The van der Waals surface area contributed by atoms with E-state index in [9.17, 15) is 4.79 Å². The SMILES string of the molecule is O=C(c1cc(Cl)c[nH]1)N1CCCC1c1nc2ccccc2s1. The van der Waals surface area contributed by atoms with Gasteiger partial charge < -0.3 is 9.88 Å². The third-order valence-corrected chi connectivity index (χ3v) is 5.34. The maximum absolute atomic E-state index is 12.7. The molecule has 1 saturated heterocycles. The molecule has 1 N–H and O–H groups in total. The molecule has 0 spiro atoms. The number of aromatic amines is 1. The lowest BCUT2D eigenvalue weighted by atomic mass is 10.2. The predicted molar refractivity (Wildman–Crippen MR) is 88.4 cm³/mol. The van der Waals surface area contributed by atoms with Crippen molar-refractivity contribution in [3.8, 4) is 0 Å². The van der Waals surface area contributed by atoms with Gasteiger partial charge >= 0.3 is 0 Å². The Hall–Kier alpha value is -1.85. The number of hydrogen-bond donors (Lipinski definition) is 1. The number of nitrogens with one attached hydrogen (secondary N) is 1. The van der Waals surface area contributed by atoms with Crippen molar-refractivity contribution in [3.63, 3.8) is 0 Å². The Morgan fingerprint density at radius 3 is 3.05 bits per heavy atom. The number of amides is 1. The van der Waals surface area contributed by atoms with E-state index < -0.39 is 0 Å². The number of carbonyl (C=O) groups is 1. The van der Waals surface area contributed by atoms with Crippen LogP contribution in [0, 0.1) is 0 Å². The predicted octanol–water partition coefficient (Wildman–Crippen LogP) is 4.26. The molecule has 4 rings (SSSR count). The van der Waals surface area contributed by atoms with E-state index in [0.29, 0.717) is 10.7 Å². The minimum atomic E-state index is -0.00587. The molecule has 6 heteroatoms. The minimum absolute atomic E-state index is 0.00587. The summed E-state index contributed by atoms with van der Waals surface area (Å²) in [6.45, 7) is 0.760. The first-order valence-corrected chi connectivity index (χ1v) is 8.42. The van der Waals surface area contributed by atoms with Crippen molar-refractivity contribution in [2.75, 3.05) is 6.54 Å². The van der Waals surface area contributed by atoms with Crippen molar-refractivity contribution in [2.45, 2.75) is 18.9 Å². The van der Waals surface area contributed by atoms with Gasteiger partial charge in [0, 0.05) is 12.7 Å². The minimum Gasteiger partial charge on any atom is -0.356 e. The average Bonchev–Trinajstić information content (AvgIpc) is 3.24. The van der Waals surface area contributed by atoms with Gasteiger partial charge in [0.1, 0.15) is 10.7 Å². The third-order valence-electron chi connectivity index (χ3n) is 3.99. The van der Waals surface area contributed by atoms with Gasteiger partial charge in [-0.1, -0.05) is 23.7 Å². The maximum Gasteiger partial charge on any atom is 0.270 e. The fraction of sp³-hybridized carbons (Fsp3) is 0.250. The van der Waals surface area contributed by atoms with Crippen molar-refractivity contribution in [1.29, 1.82) is 0 Å². The van der Waals surface area contributed by atoms with Gasteiger partial charge in [-0.15, -0.1) is 11.3 Å². The zero-order chi connectivity index (χ0) is 15.1. The number of H-pyrrole nitrogens is 1. The summed E-state index contributed by atoms with van der Waals surface area (Å²) in [5.41, 5.74) is 1.54. The van der Waals surface area contributed by atoms with Crippen LogP contribution in [0.3, 0.4) is 0 Å². The second kappa shape index (κ2) is 5.41. The highest BCUT2D eigenvalue weighted by Crippen LogP contribution is 2.37. The normalized spacial score (nSPS) is 18.2. The molecule has 112 valence electrons. The molecule has 22 heavy (non-hydrogen) atoms. The molecule has 1 aliphatic rings. The molecular formula is C16H14ClN3OS. The standard InChI is InChI=1S/C16H14ClN3OS/c17-10-8-12(18-9-10)16(21)20-7-3-5-13(20)15-19-11-4-1-2-6-14(11)22-15/h1-2,4,6,8-9,13,18H,3,5,7H2. The molecule has 1 unspecified atom stereocenters. The number of halogens is 1. The van der Waals surface area contributed by atoms with E-state index in [2.05, 4.69) is 11.1 Å². The van der Waals surface area contributed by atoms with Crippen molar-refractivity contribution in [1.82, 2.24) is 14.9 Å². The summed E-state index contributed by atoms with van der Waals surface area (Å²) in [5, 5.41) is 1.57. The van der Waals surface area contributed by atoms with Gasteiger partial charge in [0.25, 0.3) is 5.91 Å². The van der Waals surface area contributed by atoms with Crippen LogP contribution in [-0.4, -0.2) is 27.3 Å². The number of fused-ring (bicyclic) bond motifs is 1. The molecule has 1 atom stereocenters. The summed E-state index contributed by atoms with van der Waals surface area (Å²) in [6, 6.07) is 9.83. The summed E-state index contributed by atoms with van der Waals surface area (Å²) < 4.78 is 1.17. The van der Waals surface area contributed by atoms with Gasteiger partial charge in [-0.25, -0.2) is 4.98 Å². The highest BCUT2D eigenvalue weighted by atomic mass is 35.5. The lowest BCUT2D eigenvalue weighted by Gasteiger charge is -2.22. The second-order valence-electron chi connectivity index (χ2n) is 5.41. The van der Waals surface area contributed by atoms with Gasteiger partial charge in [-0.2, -0.15) is 0 Å². The van der Waals surface area contributed by atoms with Crippen LogP contribution in [0.15, 0.2) is 36.5 Å². The molecule has 0 aliphatic carbocycles. The number of likely N-dealkylation sites (tertiary alicyclic amines) is 1. The van der Waals surface area contributed by atoms with Crippen LogP contribution in [-0.2, 0) is 0 Å². The highest BCUT2D eigenvalue weighted by molar-refractivity contribution is 7.18. The van der Waals surface area contributed by atoms with Gasteiger partial charge in [-0.05, 0) is 31.0 Å². The molecule has 0 bridgehead atoms. The van der Waals surface area contributed by atoms with E-state index in [1.165, 1.54) is 4.70 Å². The molecule has 1 amide bonds. The van der Waals surface area contributed by atoms with Crippen LogP contribution in [0.25, 0.3) is 10.2 Å². The van der Waals surface area contributed by atoms with Crippen LogP contribution < -0.4 is 0 Å². The molecule has 1 aromatic carbocycles. The molecule has 0 saturated carbocycles. The average molecular weight is 332 g/mol. The van der Waals surface area contributed by atoms with Crippen molar-refractivity contribution in [2.24, 2.45) is 0 Å². The molecule has 2 aromatic heterocycles. The molecule has 1 fully saturated rings. The van der Waals surface area contributed by atoms with Gasteiger partial charge in [0.2, 0.25) is 0 Å². The number of rotatable bonds is 2. The van der Waals surface area contributed by atoms with E-state index in [-0.39, 0.29) is 11.9 Å². The summed E-state index contributed by atoms with van der Waals surface area (Å²) in [4.78, 5) is 22.2. The van der Waals surface area contributed by atoms with Crippen LogP contribution in [0.1, 0.15) is 34.4 Å². The van der Waals surface area contributed by atoms with E-state index >= 15 is 0 Å². The molecule has 0 radical (unpaired) electrons. The number of hydrogen-bond acceptors (Lipinski definition) is 3. The largest absolute Gasteiger partial charge is 0.356 e. The van der Waals surface area contributed by atoms with E-state index in [0.717, 1.165) is 29.9 Å². The van der Waals surface area contributed by atoms with Crippen molar-refractivity contribution < 1.29 is 4.79 Å². The molecule has 1 aliphatic heterocycles. The van der Waals surface area contributed by atoms with Gasteiger partial charge in [0.05, 0.1) is 21.3 Å². The smallest absolute Gasteiger partial charge is 0.270 e. The first kappa shape index (κ1) is 13.8. The van der Waals surface area contributed by atoms with Crippen molar-refractivity contribution >= 4 is 39.1 Å². The Labute approximate surface area is 136 Å². The van der Waals surface area contributed by atoms with Crippen LogP contribution in [0.2, 0.25) is 5.02 Å². The molecule has 3 aromatic rings. The van der Waals surface area contributed by atoms with Crippen LogP contribution in [0.4, 0.5) is 0 Å². The summed E-state index contributed by atoms with van der Waals surface area (Å²) >= 11 is 7.58. The third kappa shape index (κ3) is 2.30. The lowest BCUT2D eigenvalue weighted by Crippen LogP contribution is -2.30. The first-order valence-electron chi connectivity index (χ1n) is 7.23. The zero-order valence-electron chi connectivity index (χ0n) is 11.8. The Morgan fingerprint density at radius 1 is 1.41 bits per heavy atom. The quantitative estimate of drug-likeness (QED) is 0.763. The Balaban J connectivity index is 1.67. The number of para-hydroxylation sites is 1. The fourth-order valence-electron chi connectivity index (χ4n) is 2.95. The monoisotopic (exact) mass is 331 g/mol. The Bertz CT molecular complexity index is 808. The first-order chi connectivity index (χ1) is 10.7. The van der Waals surface area contributed by atoms with E-state index in [1.807, 2.05) is 23.1 Å². The number of benzene rings is 1. The summed E-state index contributed by atoms with van der Waals surface area (Å²) in [5.74, 6) is -0.00587.